The van der Waals surface area contributed by atoms with Crippen molar-refractivity contribution in [1.82, 2.24) is 5.32 Å². The van der Waals surface area contributed by atoms with E-state index in [0.29, 0.717) is 30.8 Å². The molecule has 0 radical (unpaired) electrons. The fourth-order valence-electron chi connectivity index (χ4n) is 3.91. The van der Waals surface area contributed by atoms with Crippen LogP contribution >= 0.6 is 10.2 Å². The molecule has 176 valence electrons. The van der Waals surface area contributed by atoms with Crippen LogP contribution < -0.4 is 10.2 Å². The molecule has 0 aliphatic carbocycles. The van der Waals surface area contributed by atoms with Crippen molar-refractivity contribution >= 4 is 27.4 Å². The van der Waals surface area contributed by atoms with E-state index < -0.39 is 15.1 Å². The minimum Gasteiger partial charge on any atom is -0.378 e. The van der Waals surface area contributed by atoms with Crippen LogP contribution in [0.1, 0.15) is 23.5 Å². The highest BCUT2D eigenvalue weighted by Gasteiger charge is 2.65. The Morgan fingerprint density at radius 3 is 2.12 bits per heavy atom. The lowest BCUT2D eigenvalue weighted by molar-refractivity contribution is -0.117. The minimum absolute atomic E-state index is 0.0676. The van der Waals surface area contributed by atoms with Crippen molar-refractivity contribution in [1.29, 1.82) is 5.41 Å². The lowest BCUT2D eigenvalue weighted by Crippen LogP contribution is -2.24. The Labute approximate surface area is 184 Å². The lowest BCUT2D eigenvalue weighted by atomic mass is 9.84. The van der Waals surface area contributed by atoms with Crippen LogP contribution in [-0.4, -0.2) is 38.7 Å². The molecule has 3 rings (SSSR count). The van der Waals surface area contributed by atoms with Crippen molar-refractivity contribution in [2.75, 3.05) is 32.1 Å². The van der Waals surface area contributed by atoms with Crippen LogP contribution in [0.5, 0.6) is 0 Å². The van der Waals surface area contributed by atoms with Gasteiger partial charge in [-0.25, -0.2) is 0 Å². The molecule has 4 nitrogen and oxygen atoms in total. The van der Waals surface area contributed by atoms with Crippen LogP contribution in [0, 0.1) is 11.3 Å². The Morgan fingerprint density at radius 2 is 1.59 bits per heavy atom. The standard InChI is InChI=1S/C22H26F5N3OS/c1-30(2)17-7-3-15(4-8-17)11-18(31)12-22(28)21-14-29-13-20(21)16-5-9-19(10-6-16)32(23,24,25,26)27/h3-10,20-21,28-29H,11-14H2,1-2H3/t20-,21+/m0/s1. The fraction of sp³-hybridized carbons (Fsp3) is 0.364. The first kappa shape index (κ1) is 24.2. The van der Waals surface area contributed by atoms with Gasteiger partial charge in [0.15, 0.2) is 0 Å². The second-order valence-corrected chi connectivity index (χ2v) is 10.8. The highest BCUT2D eigenvalue weighted by Crippen LogP contribution is 3.02. The summed E-state index contributed by atoms with van der Waals surface area (Å²) >= 11 is 0. The first-order valence-corrected chi connectivity index (χ1v) is 12.0. The number of nitrogens with zero attached hydrogens (tertiary/aromatic N) is 1. The first-order chi connectivity index (χ1) is 14.6. The molecule has 2 atom stereocenters. The van der Waals surface area contributed by atoms with Crippen molar-refractivity contribution in [2.45, 2.75) is 23.7 Å². The zero-order chi connectivity index (χ0) is 23.8. The van der Waals surface area contributed by atoms with Crippen molar-refractivity contribution < 1.29 is 24.2 Å². The van der Waals surface area contributed by atoms with Gasteiger partial charge in [0.05, 0.1) is 0 Å². The van der Waals surface area contributed by atoms with Gasteiger partial charge >= 0.3 is 10.2 Å². The number of benzene rings is 2. The number of nitrogens with one attached hydrogen (secondary N) is 2. The summed E-state index contributed by atoms with van der Waals surface area (Å²) in [6.45, 7) is 0.792. The maximum atomic E-state index is 13.0. The monoisotopic (exact) mass is 475 g/mol. The number of ketones is 1. The van der Waals surface area contributed by atoms with Crippen LogP contribution in [0.3, 0.4) is 0 Å². The molecule has 1 heterocycles. The molecule has 32 heavy (non-hydrogen) atoms. The van der Waals surface area contributed by atoms with E-state index in [1.54, 1.807) is 0 Å². The van der Waals surface area contributed by atoms with Gasteiger partial charge in [-0.2, -0.15) is 0 Å². The second kappa shape index (κ2) is 7.84. The van der Waals surface area contributed by atoms with Crippen LogP contribution in [0.4, 0.5) is 25.1 Å². The smallest absolute Gasteiger partial charge is 0.310 e. The molecule has 1 fully saturated rings. The predicted octanol–water partition coefficient (Wildman–Crippen LogP) is 5.93. The molecule has 1 saturated heterocycles. The van der Waals surface area contributed by atoms with Gasteiger partial charge in [-0.1, -0.05) is 43.7 Å². The average Bonchev–Trinajstić information content (AvgIpc) is 3.16. The maximum absolute atomic E-state index is 13.0. The predicted molar refractivity (Wildman–Crippen MR) is 119 cm³/mol. The Kier molecular flexibility index (Phi) is 5.93. The van der Waals surface area contributed by atoms with Crippen molar-refractivity contribution in [2.24, 2.45) is 5.92 Å². The van der Waals surface area contributed by atoms with Gasteiger partial charge < -0.3 is 15.6 Å². The van der Waals surface area contributed by atoms with Crippen molar-refractivity contribution in [3.63, 3.8) is 0 Å². The number of hydrogen-bond donors (Lipinski definition) is 2. The number of carbonyl (C=O) groups is 1. The lowest BCUT2D eigenvalue weighted by Gasteiger charge is -2.40. The third-order valence-corrected chi connectivity index (χ3v) is 6.82. The molecule has 0 amide bonds. The van der Waals surface area contributed by atoms with Gasteiger partial charge in [0.2, 0.25) is 0 Å². The number of halogens is 5. The summed E-state index contributed by atoms with van der Waals surface area (Å²) in [6, 6.07) is 10.4. The number of rotatable bonds is 8. The van der Waals surface area contributed by atoms with E-state index >= 15 is 0 Å². The topological polar surface area (TPSA) is 56.2 Å². The average molecular weight is 476 g/mol. The summed E-state index contributed by atoms with van der Waals surface area (Å²) < 4.78 is 64.8. The van der Waals surface area contributed by atoms with E-state index in [1.807, 2.05) is 43.3 Å². The van der Waals surface area contributed by atoms with Gasteiger partial charge in [0.25, 0.3) is 0 Å². The Hall–Kier alpha value is -2.46. The van der Waals surface area contributed by atoms with Gasteiger partial charge in [-0.15, -0.1) is 0 Å². The number of anilines is 1. The molecule has 10 heteroatoms. The highest BCUT2D eigenvalue weighted by atomic mass is 32.5. The number of carbonyl (C=O) groups excluding carboxylic acids is 1. The van der Waals surface area contributed by atoms with E-state index in [0.717, 1.165) is 23.4 Å². The molecule has 0 bridgehead atoms. The molecule has 0 aromatic heterocycles. The van der Waals surface area contributed by atoms with Gasteiger partial charge in [-0.3, -0.25) is 4.79 Å². The van der Waals surface area contributed by atoms with Crippen LogP contribution in [0.25, 0.3) is 0 Å². The van der Waals surface area contributed by atoms with Crippen LogP contribution in [0.15, 0.2) is 53.4 Å². The van der Waals surface area contributed by atoms with E-state index in [4.69, 9.17) is 5.41 Å². The fourth-order valence-corrected chi connectivity index (χ4v) is 4.56. The molecule has 1 aliphatic rings. The van der Waals surface area contributed by atoms with E-state index in [9.17, 15) is 24.2 Å². The Bertz CT molecular complexity index is 1010. The summed E-state index contributed by atoms with van der Waals surface area (Å²) in [5.41, 5.74) is 2.46. The molecule has 2 aromatic rings. The SMILES string of the molecule is CN(C)c1ccc(CC(=O)CC(=N)[C@@H]2CNC[C@H]2c2ccc(S(F)(F)(F)(F)F)cc2)cc1. The van der Waals surface area contributed by atoms with Crippen LogP contribution in [0.2, 0.25) is 0 Å². The zero-order valence-corrected chi connectivity index (χ0v) is 18.6. The normalized spacial score (nSPS) is 21.0. The Balaban J connectivity index is 1.66. The third-order valence-electron chi connectivity index (χ3n) is 5.66. The summed E-state index contributed by atoms with van der Waals surface area (Å²) in [5, 5.41) is 11.5. The van der Waals surface area contributed by atoms with Gasteiger partial charge in [0, 0.05) is 63.3 Å². The number of Topliss-reactive ketones (excluding diaryl/α,β-unsaturated/α-hetero) is 1. The summed E-state index contributed by atoms with van der Waals surface area (Å²) in [4.78, 5) is 12.5. The summed E-state index contributed by atoms with van der Waals surface area (Å²) in [5.74, 6) is -0.877. The first-order valence-electron chi connectivity index (χ1n) is 10.0. The molecule has 0 spiro atoms. The van der Waals surface area contributed by atoms with Crippen molar-refractivity contribution in [3.05, 3.63) is 59.7 Å². The van der Waals surface area contributed by atoms with Crippen molar-refractivity contribution in [3.8, 4) is 0 Å². The molecule has 2 aromatic carbocycles. The summed E-state index contributed by atoms with van der Waals surface area (Å²) in [6.07, 6.45) is 0.112. The van der Waals surface area contributed by atoms with E-state index in [1.165, 1.54) is 0 Å². The van der Waals surface area contributed by atoms with Crippen LogP contribution in [-0.2, 0) is 11.2 Å². The highest BCUT2D eigenvalue weighted by molar-refractivity contribution is 8.45. The minimum atomic E-state index is -9.72. The molecule has 1 aliphatic heterocycles. The van der Waals surface area contributed by atoms with E-state index in [-0.39, 0.29) is 36.2 Å². The number of hydrogen-bond acceptors (Lipinski definition) is 4. The summed E-state index contributed by atoms with van der Waals surface area (Å²) in [7, 11) is -5.89. The molecule has 0 unspecified atom stereocenters. The largest absolute Gasteiger partial charge is 0.378 e. The van der Waals surface area contributed by atoms with E-state index in [2.05, 4.69) is 5.32 Å². The quantitative estimate of drug-likeness (QED) is 0.367. The molecule has 2 N–H and O–H groups in total. The third kappa shape index (κ3) is 5.86. The Morgan fingerprint density at radius 1 is 1.00 bits per heavy atom. The second-order valence-electron chi connectivity index (χ2n) is 8.39. The van der Waals surface area contributed by atoms with Gasteiger partial charge in [0.1, 0.15) is 10.7 Å². The molecular formula is C22H26F5N3OS. The van der Waals surface area contributed by atoms with Gasteiger partial charge in [-0.05, 0) is 35.4 Å². The molecular weight excluding hydrogens is 449 g/mol. The maximum Gasteiger partial charge on any atom is 0.310 e. The molecule has 0 saturated carbocycles. The zero-order valence-electron chi connectivity index (χ0n) is 17.8.